The average molecular weight is 306 g/mol. The first kappa shape index (κ1) is 15.3. The molecule has 1 aliphatic rings. The average Bonchev–Trinajstić information content (AvgIpc) is 2.81. The number of carbonyl (C=O) groups is 1. The molecule has 0 saturated heterocycles. The number of benzene rings is 2. The van der Waals surface area contributed by atoms with Crippen molar-refractivity contribution in [2.75, 3.05) is 10.6 Å². The summed E-state index contributed by atoms with van der Waals surface area (Å²) >= 11 is 0. The zero-order valence-electron chi connectivity index (χ0n) is 14.0. The van der Waals surface area contributed by atoms with Crippen molar-refractivity contribution in [1.29, 1.82) is 0 Å². The van der Waals surface area contributed by atoms with Gasteiger partial charge in [-0.1, -0.05) is 45.0 Å². The molecular formula is C20H22N2O. The number of hydrogen-bond donors (Lipinski definition) is 2. The van der Waals surface area contributed by atoms with Gasteiger partial charge < -0.3 is 10.6 Å². The lowest BCUT2D eigenvalue weighted by atomic mass is 9.87. The van der Waals surface area contributed by atoms with E-state index < -0.39 is 0 Å². The maximum absolute atomic E-state index is 12.2. The predicted octanol–water partition coefficient (Wildman–Crippen LogP) is 4.70. The quantitative estimate of drug-likeness (QED) is 0.790. The Kier molecular flexibility index (Phi) is 3.72. The molecule has 3 heteroatoms. The van der Waals surface area contributed by atoms with Gasteiger partial charge in [0.25, 0.3) is 5.91 Å². The van der Waals surface area contributed by atoms with Crippen LogP contribution in [-0.2, 0) is 10.2 Å². The molecule has 2 aromatic rings. The van der Waals surface area contributed by atoms with Gasteiger partial charge in [0.1, 0.15) is 0 Å². The second-order valence-electron chi connectivity index (χ2n) is 6.98. The van der Waals surface area contributed by atoms with Crippen LogP contribution in [0.3, 0.4) is 0 Å². The molecule has 23 heavy (non-hydrogen) atoms. The molecule has 2 aromatic carbocycles. The van der Waals surface area contributed by atoms with Crippen molar-refractivity contribution in [2.45, 2.75) is 33.1 Å². The minimum Gasteiger partial charge on any atom is -0.361 e. The van der Waals surface area contributed by atoms with E-state index in [0.717, 1.165) is 22.5 Å². The van der Waals surface area contributed by atoms with Gasteiger partial charge in [0.05, 0.1) is 5.57 Å². The van der Waals surface area contributed by atoms with E-state index in [2.05, 4.69) is 43.5 Å². The highest BCUT2D eigenvalue weighted by Crippen LogP contribution is 2.34. The molecule has 1 heterocycles. The van der Waals surface area contributed by atoms with Crippen LogP contribution in [0.4, 0.5) is 11.4 Å². The first-order valence-electron chi connectivity index (χ1n) is 7.85. The molecular weight excluding hydrogens is 284 g/mol. The summed E-state index contributed by atoms with van der Waals surface area (Å²) in [4.78, 5) is 12.2. The molecule has 0 spiro atoms. The summed E-state index contributed by atoms with van der Waals surface area (Å²) in [5.41, 5.74) is 6.03. The predicted molar refractivity (Wildman–Crippen MR) is 96.6 cm³/mol. The molecule has 1 aliphatic heterocycles. The summed E-state index contributed by atoms with van der Waals surface area (Å²) in [5, 5.41) is 6.15. The largest absolute Gasteiger partial charge is 0.361 e. The van der Waals surface area contributed by atoms with Crippen LogP contribution < -0.4 is 10.6 Å². The second kappa shape index (κ2) is 5.58. The molecule has 0 atom stereocenters. The molecule has 0 bridgehead atoms. The number of nitrogens with one attached hydrogen (secondary N) is 2. The fraction of sp³-hybridized carbons (Fsp3) is 0.250. The summed E-state index contributed by atoms with van der Waals surface area (Å²) < 4.78 is 0. The van der Waals surface area contributed by atoms with Crippen LogP contribution in [0.1, 0.15) is 37.5 Å². The number of hydrogen-bond acceptors (Lipinski definition) is 2. The maximum atomic E-state index is 12.2. The van der Waals surface area contributed by atoms with Crippen molar-refractivity contribution in [3.63, 3.8) is 0 Å². The highest BCUT2D eigenvalue weighted by Gasteiger charge is 2.25. The highest BCUT2D eigenvalue weighted by atomic mass is 16.2. The lowest BCUT2D eigenvalue weighted by Crippen LogP contribution is -2.10. The lowest BCUT2D eigenvalue weighted by molar-refractivity contribution is -0.110. The van der Waals surface area contributed by atoms with Crippen LogP contribution in [0.15, 0.2) is 48.7 Å². The first-order chi connectivity index (χ1) is 10.9. The Bertz CT molecular complexity index is 780. The molecule has 0 aliphatic carbocycles. The summed E-state index contributed by atoms with van der Waals surface area (Å²) in [6.07, 6.45) is 1.79. The van der Waals surface area contributed by atoms with Gasteiger partial charge in [0.2, 0.25) is 0 Å². The van der Waals surface area contributed by atoms with Crippen molar-refractivity contribution < 1.29 is 4.79 Å². The third kappa shape index (κ3) is 3.00. The number of aryl methyl sites for hydroxylation is 1. The first-order valence-corrected chi connectivity index (χ1v) is 7.85. The van der Waals surface area contributed by atoms with Crippen LogP contribution in [-0.4, -0.2) is 5.91 Å². The molecule has 3 rings (SSSR count). The number of anilines is 2. The fourth-order valence-corrected chi connectivity index (χ4v) is 2.79. The number of fused-ring (bicyclic) bond motifs is 1. The molecule has 0 saturated carbocycles. The summed E-state index contributed by atoms with van der Waals surface area (Å²) in [7, 11) is 0. The molecule has 0 radical (unpaired) electrons. The lowest BCUT2D eigenvalue weighted by Gasteiger charge is -2.19. The Hall–Kier alpha value is -2.55. The van der Waals surface area contributed by atoms with Gasteiger partial charge >= 0.3 is 0 Å². The van der Waals surface area contributed by atoms with Gasteiger partial charge in [-0.3, -0.25) is 4.79 Å². The zero-order chi connectivity index (χ0) is 16.6. The molecule has 3 nitrogen and oxygen atoms in total. The van der Waals surface area contributed by atoms with E-state index in [-0.39, 0.29) is 11.3 Å². The van der Waals surface area contributed by atoms with Crippen molar-refractivity contribution in [2.24, 2.45) is 0 Å². The van der Waals surface area contributed by atoms with E-state index in [1.807, 2.05) is 37.3 Å². The molecule has 0 fully saturated rings. The minimum atomic E-state index is -0.0619. The van der Waals surface area contributed by atoms with Crippen LogP contribution in [0.5, 0.6) is 0 Å². The van der Waals surface area contributed by atoms with Crippen molar-refractivity contribution in [3.8, 4) is 0 Å². The van der Waals surface area contributed by atoms with Crippen LogP contribution in [0.25, 0.3) is 5.57 Å². The van der Waals surface area contributed by atoms with E-state index in [9.17, 15) is 4.79 Å². The molecule has 2 N–H and O–H groups in total. The summed E-state index contributed by atoms with van der Waals surface area (Å²) in [5.74, 6) is -0.0619. The molecule has 1 amide bonds. The number of rotatable bonds is 2. The van der Waals surface area contributed by atoms with E-state index >= 15 is 0 Å². The Balaban J connectivity index is 1.85. The Morgan fingerprint density at radius 2 is 1.74 bits per heavy atom. The summed E-state index contributed by atoms with van der Waals surface area (Å²) in [6, 6.07) is 14.2. The van der Waals surface area contributed by atoms with Gasteiger partial charge in [-0.15, -0.1) is 0 Å². The van der Waals surface area contributed by atoms with Crippen molar-refractivity contribution in [3.05, 3.63) is 65.4 Å². The second-order valence-corrected chi connectivity index (χ2v) is 6.98. The van der Waals surface area contributed by atoms with Gasteiger partial charge in [-0.05, 0) is 41.7 Å². The van der Waals surface area contributed by atoms with E-state index in [0.29, 0.717) is 5.57 Å². The van der Waals surface area contributed by atoms with Crippen LogP contribution in [0, 0.1) is 6.92 Å². The molecule has 0 unspecified atom stereocenters. The summed E-state index contributed by atoms with van der Waals surface area (Å²) in [6.45, 7) is 8.60. The molecule has 0 aromatic heterocycles. The maximum Gasteiger partial charge on any atom is 0.257 e. The SMILES string of the molecule is Cc1cccc2c1/C(=C\Nc1ccc(C(C)(C)C)cc1)C(=O)N2. The van der Waals surface area contributed by atoms with Gasteiger partial charge in [-0.25, -0.2) is 0 Å². The monoisotopic (exact) mass is 306 g/mol. The van der Waals surface area contributed by atoms with E-state index in [4.69, 9.17) is 0 Å². The standard InChI is InChI=1S/C20H22N2O/c1-13-6-5-7-17-18(13)16(19(23)22-17)12-21-15-10-8-14(9-11-15)20(2,3)4/h5-12,21H,1-4H3,(H,22,23)/b16-12+. The minimum absolute atomic E-state index is 0.0619. The van der Waals surface area contributed by atoms with Gasteiger partial charge in [0.15, 0.2) is 0 Å². The highest BCUT2D eigenvalue weighted by molar-refractivity contribution is 6.32. The van der Waals surface area contributed by atoms with Gasteiger partial charge in [0, 0.05) is 23.1 Å². The Labute approximate surface area is 137 Å². The van der Waals surface area contributed by atoms with Crippen LogP contribution in [0.2, 0.25) is 0 Å². The smallest absolute Gasteiger partial charge is 0.257 e. The Morgan fingerprint density at radius 1 is 1.04 bits per heavy atom. The van der Waals surface area contributed by atoms with Crippen molar-refractivity contribution >= 4 is 22.9 Å². The topological polar surface area (TPSA) is 41.1 Å². The molecule has 118 valence electrons. The van der Waals surface area contributed by atoms with Gasteiger partial charge in [-0.2, -0.15) is 0 Å². The zero-order valence-corrected chi connectivity index (χ0v) is 14.0. The third-order valence-electron chi connectivity index (χ3n) is 4.17. The Morgan fingerprint density at radius 3 is 2.39 bits per heavy atom. The van der Waals surface area contributed by atoms with E-state index in [1.54, 1.807) is 6.20 Å². The van der Waals surface area contributed by atoms with Crippen molar-refractivity contribution in [1.82, 2.24) is 0 Å². The van der Waals surface area contributed by atoms with E-state index in [1.165, 1.54) is 5.56 Å². The normalized spacial score (nSPS) is 15.5. The third-order valence-corrected chi connectivity index (χ3v) is 4.17. The number of carbonyl (C=O) groups excluding carboxylic acids is 1. The number of amides is 1. The van der Waals surface area contributed by atoms with Crippen LogP contribution >= 0.6 is 0 Å². The fourth-order valence-electron chi connectivity index (χ4n) is 2.79.